The van der Waals surface area contributed by atoms with Gasteiger partial charge in [-0.15, -0.1) is 11.8 Å². The molecule has 0 bridgehead atoms. The van der Waals surface area contributed by atoms with Crippen LogP contribution in [-0.4, -0.2) is 51.8 Å². The van der Waals surface area contributed by atoms with Crippen molar-refractivity contribution < 1.29 is 47.8 Å². The first kappa shape index (κ1) is 39.3. The molecule has 0 unspecified atom stereocenters. The zero-order valence-corrected chi connectivity index (χ0v) is 34.2. The lowest BCUT2D eigenvalue weighted by molar-refractivity contribution is -0.153. The first-order valence-electron chi connectivity index (χ1n) is 17.7. The second-order valence-corrected chi connectivity index (χ2v) is 18.7. The van der Waals surface area contributed by atoms with Crippen LogP contribution in [0.2, 0.25) is 0 Å². The number of benzene rings is 5. The molecular weight excluding hydrogens is 826 g/mol. The Balaban J connectivity index is 0.00000497. The van der Waals surface area contributed by atoms with E-state index in [-0.39, 0.29) is 35.6 Å². The monoisotopic (exact) mass is 868 g/mol. The van der Waals surface area contributed by atoms with Gasteiger partial charge in [-0.2, -0.15) is 0 Å². The molecule has 7 nitrogen and oxygen atoms in total. The van der Waals surface area contributed by atoms with Gasteiger partial charge in [0.25, 0.3) is 5.91 Å². The van der Waals surface area contributed by atoms with E-state index in [1.807, 2.05) is 78.9 Å². The van der Waals surface area contributed by atoms with Crippen molar-refractivity contribution in [2.75, 3.05) is 11.9 Å². The van der Waals surface area contributed by atoms with Gasteiger partial charge in [-0.25, -0.2) is 9.59 Å². The average Bonchev–Trinajstić information content (AvgIpc) is 3.18. The number of ether oxygens (including phenoxy) is 2. The molecule has 2 amide bonds. The van der Waals surface area contributed by atoms with Gasteiger partial charge in [0.05, 0.1) is 6.16 Å². The van der Waals surface area contributed by atoms with Crippen LogP contribution in [-0.2, 0) is 19.1 Å². The molecule has 0 spiro atoms. The number of alkyl carbamates (subject to hydrolysis) is 1. The highest BCUT2D eigenvalue weighted by Crippen LogP contribution is 2.58. The summed E-state index contributed by atoms with van der Waals surface area (Å²) in [6, 6.07) is 49.8. The van der Waals surface area contributed by atoms with Gasteiger partial charge < -0.3 is 38.8 Å². The number of halogens is 1. The molecule has 0 aliphatic carbocycles. The standard InChI is InChI=1S/C44H41N2O5PS.HI/c1-44(2,3)51-43(49)45-37-40(47)46-38(42(48)50-39(31-19-9-4-10-20-31)32-21-11-5-12-22-32)33(30-53-41(37)46)29-52(34-23-13-6-14-24-34,35-25-15-7-16-26-35)36-27-17-8-18-28-36;/h4-28,37,39,41H,29-30H2,1-3H3;1H/t37-,41-;/m1./s1. The van der Waals surface area contributed by atoms with Crippen LogP contribution in [0.3, 0.4) is 0 Å². The van der Waals surface area contributed by atoms with Crippen molar-refractivity contribution in [1.29, 1.82) is 0 Å². The molecule has 2 aliphatic heterocycles. The summed E-state index contributed by atoms with van der Waals surface area (Å²) in [5, 5.41) is 5.75. The van der Waals surface area contributed by atoms with Crippen LogP contribution in [0, 0.1) is 0 Å². The van der Waals surface area contributed by atoms with Crippen LogP contribution in [0.25, 0.3) is 0 Å². The second kappa shape index (κ2) is 16.9. The Kier molecular flexibility index (Phi) is 12.3. The van der Waals surface area contributed by atoms with Crippen molar-refractivity contribution in [3.63, 3.8) is 0 Å². The maximum absolute atomic E-state index is 14.9. The molecule has 7 rings (SSSR count). The number of carbonyl (C=O) groups excluding carboxylic acids is 3. The van der Waals surface area contributed by atoms with Gasteiger partial charge in [0.15, 0.2) is 6.10 Å². The van der Waals surface area contributed by atoms with Gasteiger partial charge >= 0.3 is 12.1 Å². The predicted octanol–water partition coefficient (Wildman–Crippen LogP) is 4.38. The first-order chi connectivity index (χ1) is 25.7. The Morgan fingerprint density at radius 3 is 1.59 bits per heavy atom. The Bertz CT molecular complexity index is 1960. The number of hydrogen-bond acceptors (Lipinski definition) is 6. The molecule has 0 aromatic heterocycles. The van der Waals surface area contributed by atoms with Crippen LogP contribution < -0.4 is 45.2 Å². The van der Waals surface area contributed by atoms with E-state index in [1.165, 1.54) is 16.7 Å². The lowest BCUT2D eigenvalue weighted by Crippen LogP contribution is -3.00. The zero-order chi connectivity index (χ0) is 37.0. The number of rotatable bonds is 10. The molecule has 5 aromatic rings. The minimum absolute atomic E-state index is 0. The van der Waals surface area contributed by atoms with Gasteiger partial charge in [0.2, 0.25) is 0 Å². The van der Waals surface area contributed by atoms with Crippen molar-refractivity contribution in [3.05, 3.63) is 174 Å². The third-order valence-electron chi connectivity index (χ3n) is 9.36. The molecule has 276 valence electrons. The quantitative estimate of drug-likeness (QED) is 0.0973. The van der Waals surface area contributed by atoms with E-state index in [0.717, 1.165) is 32.6 Å². The largest absolute Gasteiger partial charge is 1.00 e. The number of nitrogens with zero attached hydrogens (tertiary/aromatic N) is 1. The normalized spacial score (nSPS) is 16.8. The molecule has 10 heteroatoms. The predicted molar refractivity (Wildman–Crippen MR) is 214 cm³/mol. The van der Waals surface area contributed by atoms with E-state index in [9.17, 15) is 14.4 Å². The van der Waals surface area contributed by atoms with Crippen LogP contribution in [0.1, 0.15) is 38.0 Å². The van der Waals surface area contributed by atoms with E-state index in [4.69, 9.17) is 9.47 Å². The highest BCUT2D eigenvalue weighted by Gasteiger charge is 2.57. The van der Waals surface area contributed by atoms with Crippen LogP contribution >= 0.6 is 19.0 Å². The number of hydrogen-bond donors (Lipinski definition) is 1. The Morgan fingerprint density at radius 2 is 1.17 bits per heavy atom. The van der Waals surface area contributed by atoms with Gasteiger partial charge in [0.1, 0.15) is 45.9 Å². The van der Waals surface area contributed by atoms with Gasteiger partial charge in [-0.05, 0) is 68.3 Å². The van der Waals surface area contributed by atoms with Crippen molar-refractivity contribution in [1.82, 2.24) is 10.2 Å². The highest BCUT2D eigenvalue weighted by atomic mass is 127. The number of nitrogens with one attached hydrogen (secondary N) is 1. The number of carbonyl (C=O) groups is 3. The number of β-lactam (4-membered cyclic amide) rings is 1. The zero-order valence-electron chi connectivity index (χ0n) is 30.3. The average molecular weight is 869 g/mol. The Morgan fingerprint density at radius 1 is 0.741 bits per heavy atom. The van der Waals surface area contributed by atoms with Gasteiger partial charge in [-0.1, -0.05) is 115 Å². The molecular formula is C44H42IN2O5PS. The highest BCUT2D eigenvalue weighted by molar-refractivity contribution is 8.00. The Labute approximate surface area is 338 Å². The maximum Gasteiger partial charge on any atom is 0.408 e. The summed E-state index contributed by atoms with van der Waals surface area (Å²) < 4.78 is 12.0. The molecule has 0 radical (unpaired) electrons. The SMILES string of the molecule is CC(C)(C)OC(=O)N[C@@H]1C(=O)N2C(C(=O)OC(c3ccccc3)c3ccccc3)=C(C[P+](c3ccccc3)(c3ccccc3)c3ccccc3)CS[C@H]12.[I-]. The smallest absolute Gasteiger partial charge is 0.408 e. The van der Waals surface area contributed by atoms with E-state index >= 15 is 0 Å². The maximum atomic E-state index is 14.9. The summed E-state index contributed by atoms with van der Waals surface area (Å²) in [7, 11) is -2.46. The van der Waals surface area contributed by atoms with Gasteiger partial charge in [0, 0.05) is 11.3 Å². The first-order valence-corrected chi connectivity index (χ1v) is 20.7. The molecule has 1 N–H and O–H groups in total. The number of thioether (sulfide) groups is 1. The van der Waals surface area contributed by atoms with Crippen LogP contribution in [0.4, 0.5) is 4.79 Å². The van der Waals surface area contributed by atoms with E-state index in [2.05, 4.69) is 78.1 Å². The Hall–Kier alpha value is -4.44. The fourth-order valence-corrected chi connectivity index (χ4v) is 12.8. The van der Waals surface area contributed by atoms with Crippen molar-refractivity contribution in [2.24, 2.45) is 0 Å². The molecule has 1 saturated heterocycles. The van der Waals surface area contributed by atoms with Crippen molar-refractivity contribution in [3.8, 4) is 0 Å². The molecule has 2 aliphatic rings. The molecule has 2 atom stereocenters. The number of fused-ring (bicyclic) bond motifs is 1. The van der Waals surface area contributed by atoms with E-state index in [0.29, 0.717) is 11.9 Å². The summed E-state index contributed by atoms with van der Waals surface area (Å²) in [4.78, 5) is 43.5. The summed E-state index contributed by atoms with van der Waals surface area (Å²) in [5.74, 6) is -0.503. The van der Waals surface area contributed by atoms with E-state index in [1.54, 1.807) is 20.8 Å². The van der Waals surface area contributed by atoms with Crippen molar-refractivity contribution in [2.45, 2.75) is 43.9 Å². The number of esters is 1. The van der Waals surface area contributed by atoms with Crippen molar-refractivity contribution >= 4 is 52.9 Å². The number of amides is 2. The van der Waals surface area contributed by atoms with E-state index < -0.39 is 42.4 Å². The minimum Gasteiger partial charge on any atom is -1.00 e. The third-order valence-corrected chi connectivity index (χ3v) is 15.1. The van der Waals surface area contributed by atoms with Crippen LogP contribution in [0.15, 0.2) is 163 Å². The fraction of sp³-hybridized carbons (Fsp3) is 0.205. The lowest BCUT2D eigenvalue weighted by Gasteiger charge is -2.50. The third kappa shape index (κ3) is 8.14. The minimum atomic E-state index is -2.46. The molecule has 1 fully saturated rings. The second-order valence-electron chi connectivity index (χ2n) is 14.1. The lowest BCUT2D eigenvalue weighted by atomic mass is 10.0. The summed E-state index contributed by atoms with van der Waals surface area (Å²) in [6.45, 7) is 5.33. The summed E-state index contributed by atoms with van der Waals surface area (Å²) in [5.41, 5.74) is 1.96. The summed E-state index contributed by atoms with van der Waals surface area (Å²) in [6.07, 6.45) is -0.883. The molecule has 54 heavy (non-hydrogen) atoms. The molecule has 5 aromatic carbocycles. The fourth-order valence-electron chi connectivity index (χ4n) is 7.03. The summed E-state index contributed by atoms with van der Waals surface area (Å²) >= 11 is 1.54. The molecule has 0 saturated carbocycles. The van der Waals surface area contributed by atoms with Crippen LogP contribution in [0.5, 0.6) is 0 Å². The van der Waals surface area contributed by atoms with Gasteiger partial charge in [-0.3, -0.25) is 9.69 Å². The topological polar surface area (TPSA) is 84.9 Å². The molecule has 2 heterocycles.